The van der Waals surface area contributed by atoms with Crippen LogP contribution in [0.1, 0.15) is 34.6 Å². The maximum absolute atomic E-state index is 11.2. The van der Waals surface area contributed by atoms with Gasteiger partial charge in [-0.15, -0.1) is 11.3 Å². The molecule has 0 saturated carbocycles. The van der Waals surface area contributed by atoms with Gasteiger partial charge in [0.1, 0.15) is 0 Å². The minimum Gasteiger partial charge on any atom is -0.389 e. The first-order chi connectivity index (χ1) is 10.3. The predicted octanol–water partition coefficient (Wildman–Crippen LogP) is 2.62. The molecule has 0 spiro atoms. The highest BCUT2D eigenvalue weighted by Gasteiger charge is 2.19. The van der Waals surface area contributed by atoms with E-state index in [1.165, 1.54) is 16.9 Å². The summed E-state index contributed by atoms with van der Waals surface area (Å²) in [6, 6.07) is 12.0. The van der Waals surface area contributed by atoms with Gasteiger partial charge in [0.05, 0.1) is 11.2 Å². The normalized spacial score (nSPS) is 11.8. The monoisotopic (exact) mass is 318 g/mol. The number of rotatable bonds is 7. The molecule has 1 aromatic carbocycles. The number of aliphatic hydroxyl groups is 1. The molecule has 0 aliphatic rings. The lowest BCUT2D eigenvalue weighted by Crippen LogP contribution is -2.37. The Hall–Kier alpha value is -1.69. The molecular weight excluding hydrogens is 296 g/mol. The quantitative estimate of drug-likeness (QED) is 0.824. The number of nitrogens with zero attached hydrogens (tertiary/aromatic N) is 1. The molecule has 2 rings (SSSR count). The Morgan fingerprint density at radius 2 is 1.95 bits per heavy atom. The van der Waals surface area contributed by atoms with Gasteiger partial charge in [0.15, 0.2) is 0 Å². The Balaban J connectivity index is 2.11. The number of carbonyl (C=O) groups excluding carboxylic acids is 1. The van der Waals surface area contributed by atoms with Gasteiger partial charge in [0.2, 0.25) is 5.91 Å². The molecule has 0 bridgehead atoms. The molecule has 0 unspecified atom stereocenters. The first-order valence-electron chi connectivity index (χ1n) is 7.19. The fraction of sp³-hybridized carbons (Fsp3) is 0.353. The van der Waals surface area contributed by atoms with E-state index in [4.69, 9.17) is 5.73 Å². The molecule has 1 amide bonds. The summed E-state index contributed by atoms with van der Waals surface area (Å²) in [6.07, 6.45) is 0. The molecule has 4 nitrogen and oxygen atoms in total. The largest absolute Gasteiger partial charge is 0.389 e. The van der Waals surface area contributed by atoms with Crippen LogP contribution in [0.3, 0.4) is 0 Å². The summed E-state index contributed by atoms with van der Waals surface area (Å²) in [7, 11) is 0. The summed E-state index contributed by atoms with van der Waals surface area (Å²) in [4.78, 5) is 14.4. The molecule has 0 radical (unpaired) electrons. The highest BCUT2D eigenvalue weighted by Crippen LogP contribution is 2.19. The van der Waals surface area contributed by atoms with Crippen LogP contribution in [0.2, 0.25) is 0 Å². The number of thiophene rings is 1. The number of carbonyl (C=O) groups is 1. The van der Waals surface area contributed by atoms with Gasteiger partial charge in [-0.25, -0.2) is 0 Å². The number of benzene rings is 1. The third-order valence-corrected chi connectivity index (χ3v) is 4.10. The number of hydrogen-bond acceptors (Lipinski definition) is 4. The molecule has 0 aliphatic heterocycles. The van der Waals surface area contributed by atoms with Crippen molar-refractivity contribution in [2.24, 2.45) is 5.73 Å². The zero-order chi connectivity index (χ0) is 16.2. The smallest absolute Gasteiger partial charge is 0.249 e. The van der Waals surface area contributed by atoms with Crippen LogP contribution < -0.4 is 5.73 Å². The third kappa shape index (κ3) is 5.26. The molecule has 0 fully saturated rings. The van der Waals surface area contributed by atoms with E-state index in [0.717, 1.165) is 11.4 Å². The molecule has 0 atom stereocenters. The van der Waals surface area contributed by atoms with Gasteiger partial charge in [-0.05, 0) is 25.5 Å². The van der Waals surface area contributed by atoms with Crippen molar-refractivity contribution in [3.8, 4) is 0 Å². The van der Waals surface area contributed by atoms with Crippen LogP contribution in [0, 0.1) is 0 Å². The minimum atomic E-state index is -0.779. The van der Waals surface area contributed by atoms with E-state index in [0.29, 0.717) is 18.7 Å². The minimum absolute atomic E-state index is 0.403. The van der Waals surface area contributed by atoms with Crippen molar-refractivity contribution in [2.75, 3.05) is 6.54 Å². The first-order valence-corrected chi connectivity index (χ1v) is 8.07. The number of primary amides is 1. The fourth-order valence-electron chi connectivity index (χ4n) is 2.37. The second kappa shape index (κ2) is 7.05. The average Bonchev–Trinajstić information content (AvgIpc) is 2.86. The number of hydrogen-bond donors (Lipinski definition) is 2. The summed E-state index contributed by atoms with van der Waals surface area (Å²) in [5, 5.41) is 11.9. The molecular formula is C17H22N2O2S. The van der Waals surface area contributed by atoms with Crippen molar-refractivity contribution < 1.29 is 9.90 Å². The summed E-state index contributed by atoms with van der Waals surface area (Å²) in [6.45, 7) is 5.57. The van der Waals surface area contributed by atoms with Gasteiger partial charge in [-0.1, -0.05) is 30.3 Å². The molecule has 3 N–H and O–H groups in total. The van der Waals surface area contributed by atoms with Crippen molar-refractivity contribution in [1.29, 1.82) is 0 Å². The van der Waals surface area contributed by atoms with E-state index in [9.17, 15) is 9.90 Å². The van der Waals surface area contributed by atoms with Gasteiger partial charge in [-0.3, -0.25) is 9.69 Å². The highest BCUT2D eigenvalue weighted by molar-refractivity contribution is 7.10. The summed E-state index contributed by atoms with van der Waals surface area (Å²) in [5.41, 5.74) is 6.26. The molecule has 0 aliphatic carbocycles. The van der Waals surface area contributed by atoms with Crippen LogP contribution in [0.25, 0.3) is 0 Å². The Morgan fingerprint density at radius 1 is 1.27 bits per heavy atom. The van der Waals surface area contributed by atoms with Crippen LogP contribution in [-0.4, -0.2) is 28.1 Å². The average molecular weight is 318 g/mol. The van der Waals surface area contributed by atoms with Gasteiger partial charge >= 0.3 is 0 Å². The summed E-state index contributed by atoms with van der Waals surface area (Å²) < 4.78 is 0. The van der Waals surface area contributed by atoms with Crippen LogP contribution in [0.15, 0.2) is 41.8 Å². The maximum atomic E-state index is 11.2. The van der Waals surface area contributed by atoms with Crippen LogP contribution >= 0.6 is 11.3 Å². The van der Waals surface area contributed by atoms with E-state index in [1.807, 2.05) is 24.3 Å². The van der Waals surface area contributed by atoms with E-state index in [-0.39, 0.29) is 0 Å². The van der Waals surface area contributed by atoms with Crippen molar-refractivity contribution in [2.45, 2.75) is 32.5 Å². The zero-order valence-electron chi connectivity index (χ0n) is 13.0. The molecule has 0 saturated heterocycles. The Bertz CT molecular complexity index is 617. The van der Waals surface area contributed by atoms with Crippen molar-refractivity contribution in [3.63, 3.8) is 0 Å². The van der Waals surface area contributed by atoms with Crippen molar-refractivity contribution in [3.05, 3.63) is 57.8 Å². The Morgan fingerprint density at radius 3 is 2.50 bits per heavy atom. The SMILES string of the molecule is CC(C)(O)CN(Cc1ccccc1)Cc1cc(C(N)=O)cs1. The lowest BCUT2D eigenvalue weighted by molar-refractivity contribution is 0.0310. The van der Waals surface area contributed by atoms with Crippen LogP contribution in [0.4, 0.5) is 0 Å². The summed E-state index contributed by atoms with van der Waals surface area (Å²) in [5.74, 6) is -0.403. The highest BCUT2D eigenvalue weighted by atomic mass is 32.1. The lowest BCUT2D eigenvalue weighted by atomic mass is 10.1. The van der Waals surface area contributed by atoms with Gasteiger partial charge in [0.25, 0.3) is 0 Å². The summed E-state index contributed by atoms with van der Waals surface area (Å²) >= 11 is 1.52. The van der Waals surface area contributed by atoms with Crippen LogP contribution in [0.5, 0.6) is 0 Å². The van der Waals surface area contributed by atoms with Crippen LogP contribution in [-0.2, 0) is 13.1 Å². The maximum Gasteiger partial charge on any atom is 0.249 e. The van der Waals surface area contributed by atoms with E-state index in [1.54, 1.807) is 19.2 Å². The second-order valence-electron chi connectivity index (χ2n) is 6.11. The van der Waals surface area contributed by atoms with E-state index in [2.05, 4.69) is 17.0 Å². The topological polar surface area (TPSA) is 66.6 Å². The lowest BCUT2D eigenvalue weighted by Gasteiger charge is -2.28. The molecule has 2 aromatic rings. The van der Waals surface area contributed by atoms with Gasteiger partial charge in [0, 0.05) is 29.9 Å². The van der Waals surface area contributed by atoms with Crippen molar-refractivity contribution >= 4 is 17.2 Å². The molecule has 1 heterocycles. The Labute approximate surface area is 135 Å². The predicted molar refractivity (Wildman–Crippen MR) is 89.7 cm³/mol. The molecule has 22 heavy (non-hydrogen) atoms. The van der Waals surface area contributed by atoms with Gasteiger partial charge < -0.3 is 10.8 Å². The molecule has 118 valence electrons. The van der Waals surface area contributed by atoms with Gasteiger partial charge in [-0.2, -0.15) is 0 Å². The first kappa shape index (κ1) is 16.7. The van der Waals surface area contributed by atoms with E-state index < -0.39 is 11.5 Å². The van der Waals surface area contributed by atoms with E-state index >= 15 is 0 Å². The number of nitrogens with two attached hydrogens (primary N) is 1. The zero-order valence-corrected chi connectivity index (χ0v) is 13.8. The number of amides is 1. The molecule has 1 aromatic heterocycles. The fourth-order valence-corrected chi connectivity index (χ4v) is 3.28. The Kier molecular flexibility index (Phi) is 5.34. The van der Waals surface area contributed by atoms with Crippen molar-refractivity contribution in [1.82, 2.24) is 4.90 Å². The standard InChI is InChI=1S/C17H22N2O2S/c1-17(2,21)12-19(9-13-6-4-3-5-7-13)10-15-8-14(11-22-15)16(18)20/h3-8,11,21H,9-10,12H2,1-2H3,(H2,18,20). The third-order valence-electron chi connectivity index (χ3n) is 3.18. The molecule has 5 heteroatoms. The second-order valence-corrected chi connectivity index (χ2v) is 7.10.